The van der Waals surface area contributed by atoms with Gasteiger partial charge < -0.3 is 24.4 Å². The summed E-state index contributed by atoms with van der Waals surface area (Å²) in [6, 6.07) is 8.15. The number of ketones is 1. The van der Waals surface area contributed by atoms with Crippen LogP contribution in [0.3, 0.4) is 0 Å². The van der Waals surface area contributed by atoms with Gasteiger partial charge >= 0.3 is 0 Å². The number of fused-ring (bicyclic) bond motifs is 1. The van der Waals surface area contributed by atoms with Gasteiger partial charge in [-0.2, -0.15) is 0 Å². The fraction of sp³-hybridized carbons (Fsp3) is 0.370. The summed E-state index contributed by atoms with van der Waals surface area (Å²) in [4.78, 5) is 34.9. The number of hydrogen-bond donors (Lipinski definition) is 1. The normalized spacial score (nSPS) is 17.4. The second-order valence-corrected chi connectivity index (χ2v) is 9.19. The van der Waals surface area contributed by atoms with Crippen molar-refractivity contribution in [2.75, 3.05) is 41.4 Å². The zero-order valence-electron chi connectivity index (χ0n) is 21.5. The molecule has 1 aliphatic heterocycles. The van der Waals surface area contributed by atoms with Crippen LogP contribution in [0.2, 0.25) is 0 Å². The Morgan fingerprint density at radius 1 is 1.14 bits per heavy atom. The quantitative estimate of drug-likeness (QED) is 0.293. The number of amides is 1. The SMILES string of the molecule is COc1ccc(OC)c([C@@H]2/C(=C(\O)c3c(C)nc4c(C)cccn34)C(=O)C(=O)N2CCCN(C)C)c1. The fourth-order valence-corrected chi connectivity index (χ4v) is 4.77. The van der Waals surface area contributed by atoms with Crippen LogP contribution < -0.4 is 9.47 Å². The van der Waals surface area contributed by atoms with E-state index in [1.165, 1.54) is 12.0 Å². The molecule has 2 aromatic heterocycles. The van der Waals surface area contributed by atoms with Crippen LogP contribution in [0.25, 0.3) is 11.4 Å². The smallest absolute Gasteiger partial charge is 0.295 e. The Balaban J connectivity index is 1.96. The van der Waals surface area contributed by atoms with Crippen LogP contribution in [0.15, 0.2) is 42.1 Å². The number of hydrogen-bond acceptors (Lipinski definition) is 7. The predicted octanol–water partition coefficient (Wildman–Crippen LogP) is 3.34. The molecule has 1 atom stereocenters. The summed E-state index contributed by atoms with van der Waals surface area (Å²) in [6.45, 7) is 4.76. The summed E-state index contributed by atoms with van der Waals surface area (Å²) in [5.41, 5.74) is 3.10. The summed E-state index contributed by atoms with van der Waals surface area (Å²) in [7, 11) is 6.98. The third kappa shape index (κ3) is 4.30. The monoisotopic (exact) mass is 492 g/mol. The average Bonchev–Trinajstić information content (AvgIpc) is 3.32. The van der Waals surface area contributed by atoms with Crippen LogP contribution in [-0.4, -0.2) is 77.4 Å². The first-order chi connectivity index (χ1) is 17.2. The van der Waals surface area contributed by atoms with Gasteiger partial charge in [0.05, 0.1) is 31.5 Å². The number of rotatable bonds is 8. The number of aliphatic hydroxyl groups excluding tert-OH is 1. The third-order valence-electron chi connectivity index (χ3n) is 6.52. The van der Waals surface area contributed by atoms with Crippen molar-refractivity contribution in [1.29, 1.82) is 0 Å². The van der Waals surface area contributed by atoms with E-state index in [4.69, 9.17) is 9.47 Å². The number of ether oxygens (including phenoxy) is 2. The van der Waals surface area contributed by atoms with Gasteiger partial charge in [-0.3, -0.25) is 14.0 Å². The molecule has 0 aliphatic carbocycles. The zero-order valence-corrected chi connectivity index (χ0v) is 21.5. The van der Waals surface area contributed by atoms with Crippen molar-refractivity contribution in [2.24, 2.45) is 0 Å². The molecule has 9 nitrogen and oxygen atoms in total. The number of likely N-dealkylation sites (tertiary alicyclic amines) is 1. The predicted molar refractivity (Wildman–Crippen MR) is 136 cm³/mol. The molecule has 1 saturated heterocycles. The Morgan fingerprint density at radius 3 is 2.56 bits per heavy atom. The summed E-state index contributed by atoms with van der Waals surface area (Å²) in [6.07, 6.45) is 2.43. The molecule has 0 unspecified atom stereocenters. The van der Waals surface area contributed by atoms with Crippen LogP contribution in [0.5, 0.6) is 11.5 Å². The molecule has 3 heterocycles. The molecule has 0 spiro atoms. The number of aryl methyl sites for hydroxylation is 2. The van der Waals surface area contributed by atoms with E-state index in [0.717, 1.165) is 12.1 Å². The van der Waals surface area contributed by atoms with Gasteiger partial charge in [0.2, 0.25) is 0 Å². The molecular formula is C27H32N4O5. The molecule has 0 radical (unpaired) electrons. The molecule has 36 heavy (non-hydrogen) atoms. The highest BCUT2D eigenvalue weighted by Crippen LogP contribution is 2.44. The molecule has 1 aromatic carbocycles. The number of aromatic nitrogens is 2. The number of benzene rings is 1. The number of carbonyl (C=O) groups excluding carboxylic acids is 2. The van der Waals surface area contributed by atoms with Crippen molar-refractivity contribution in [3.05, 3.63) is 64.6 Å². The molecule has 9 heteroatoms. The van der Waals surface area contributed by atoms with Gasteiger partial charge in [-0.1, -0.05) is 6.07 Å². The van der Waals surface area contributed by atoms with Gasteiger partial charge in [-0.25, -0.2) is 4.98 Å². The minimum Gasteiger partial charge on any atom is -0.505 e. The Morgan fingerprint density at radius 2 is 1.89 bits per heavy atom. The Kier molecular flexibility index (Phi) is 7.03. The van der Waals surface area contributed by atoms with Crippen molar-refractivity contribution < 1.29 is 24.2 Å². The number of aliphatic hydroxyl groups is 1. The van der Waals surface area contributed by atoms with Crippen LogP contribution in [0.1, 0.15) is 35.0 Å². The van der Waals surface area contributed by atoms with Crippen LogP contribution >= 0.6 is 0 Å². The molecule has 4 rings (SSSR count). The number of methoxy groups -OCH3 is 2. The van der Waals surface area contributed by atoms with E-state index in [1.54, 1.807) is 42.8 Å². The number of carbonyl (C=O) groups is 2. The molecule has 3 aromatic rings. The molecule has 1 N–H and O–H groups in total. The lowest BCUT2D eigenvalue weighted by Gasteiger charge is -2.27. The summed E-state index contributed by atoms with van der Waals surface area (Å²) in [5, 5.41) is 11.7. The first-order valence-corrected chi connectivity index (χ1v) is 11.8. The minimum absolute atomic E-state index is 0.00260. The molecule has 0 bridgehead atoms. The van der Waals surface area contributed by atoms with E-state index in [1.807, 2.05) is 38.1 Å². The highest BCUT2D eigenvalue weighted by molar-refractivity contribution is 6.46. The largest absolute Gasteiger partial charge is 0.505 e. The summed E-state index contributed by atoms with van der Waals surface area (Å²) < 4.78 is 12.8. The van der Waals surface area contributed by atoms with Crippen molar-refractivity contribution in [1.82, 2.24) is 19.2 Å². The van der Waals surface area contributed by atoms with Crippen molar-refractivity contribution in [3.8, 4) is 11.5 Å². The molecule has 1 fully saturated rings. The van der Waals surface area contributed by atoms with Crippen LogP contribution in [-0.2, 0) is 9.59 Å². The number of nitrogens with zero attached hydrogens (tertiary/aromatic N) is 4. The number of imidazole rings is 1. The minimum atomic E-state index is -0.855. The molecule has 1 amide bonds. The molecular weight excluding hydrogens is 460 g/mol. The van der Waals surface area contributed by atoms with Crippen molar-refractivity contribution >= 4 is 23.1 Å². The van der Waals surface area contributed by atoms with Crippen LogP contribution in [0, 0.1) is 13.8 Å². The summed E-state index contributed by atoms with van der Waals surface area (Å²) >= 11 is 0. The lowest BCUT2D eigenvalue weighted by Crippen LogP contribution is -2.32. The highest BCUT2D eigenvalue weighted by Gasteiger charge is 2.47. The van der Waals surface area contributed by atoms with Crippen LogP contribution in [0.4, 0.5) is 0 Å². The number of Topliss-reactive ketones (excluding diaryl/α,β-unsaturated/α-hetero) is 1. The lowest BCUT2D eigenvalue weighted by molar-refractivity contribution is -0.140. The molecule has 0 saturated carbocycles. The standard InChI is InChI=1S/C27H32N4O5/c1-16-9-7-13-30-22(17(2)28-26(16)30)24(32)21-23(19-15-18(35-5)10-11-20(19)36-6)31(27(34)25(21)33)14-8-12-29(3)4/h7,9-11,13,15,23,32H,8,12,14H2,1-6H3/b24-21+/t23-/m1/s1. The maximum Gasteiger partial charge on any atom is 0.295 e. The maximum absolute atomic E-state index is 13.5. The topological polar surface area (TPSA) is 96.6 Å². The lowest BCUT2D eigenvalue weighted by atomic mass is 9.95. The zero-order chi connectivity index (χ0) is 26.1. The van der Waals surface area contributed by atoms with E-state index in [2.05, 4.69) is 4.98 Å². The van der Waals surface area contributed by atoms with Gasteiger partial charge in [0.25, 0.3) is 11.7 Å². The van der Waals surface area contributed by atoms with E-state index >= 15 is 0 Å². The third-order valence-corrected chi connectivity index (χ3v) is 6.52. The van der Waals surface area contributed by atoms with Gasteiger partial charge in [0.1, 0.15) is 22.8 Å². The van der Waals surface area contributed by atoms with E-state index in [-0.39, 0.29) is 11.3 Å². The first kappa shape index (κ1) is 25.2. The van der Waals surface area contributed by atoms with Crippen molar-refractivity contribution in [3.63, 3.8) is 0 Å². The van der Waals surface area contributed by atoms with E-state index < -0.39 is 17.7 Å². The number of pyridine rings is 1. The second-order valence-electron chi connectivity index (χ2n) is 9.19. The van der Waals surface area contributed by atoms with E-state index in [0.29, 0.717) is 47.1 Å². The van der Waals surface area contributed by atoms with Gasteiger partial charge in [0.15, 0.2) is 5.76 Å². The van der Waals surface area contributed by atoms with E-state index in [9.17, 15) is 14.7 Å². The van der Waals surface area contributed by atoms with Gasteiger partial charge in [-0.15, -0.1) is 0 Å². The molecule has 190 valence electrons. The van der Waals surface area contributed by atoms with Gasteiger partial charge in [0, 0.05) is 18.3 Å². The van der Waals surface area contributed by atoms with Crippen molar-refractivity contribution in [2.45, 2.75) is 26.3 Å². The summed E-state index contributed by atoms with van der Waals surface area (Å²) in [5.74, 6) is -0.640. The maximum atomic E-state index is 13.5. The molecule has 1 aliphatic rings. The highest BCUT2D eigenvalue weighted by atomic mass is 16.5. The first-order valence-electron chi connectivity index (χ1n) is 11.8. The fourth-order valence-electron chi connectivity index (χ4n) is 4.77. The second kappa shape index (κ2) is 10.0. The van der Waals surface area contributed by atoms with Gasteiger partial charge in [-0.05, 0) is 70.7 Å². The Labute approximate surface area is 210 Å². The Hall–Kier alpha value is -3.85. The Bertz CT molecular complexity index is 1360. The average molecular weight is 493 g/mol.